The Bertz CT molecular complexity index is 739. The van der Waals surface area contributed by atoms with Crippen LogP contribution in [0.1, 0.15) is 56.3 Å². The normalized spacial score (nSPS) is 27.5. The molecule has 1 amide bonds. The van der Waals surface area contributed by atoms with Crippen LogP contribution in [0.5, 0.6) is 0 Å². The maximum absolute atomic E-state index is 12.7. The fraction of sp³-hybridized carbons (Fsp3) is 0.750. The van der Waals surface area contributed by atoms with Crippen molar-refractivity contribution in [2.45, 2.75) is 70.6 Å². The number of hydrogen-bond acceptors (Lipinski definition) is 4. The standard InChI is InChI=1S/C16H27N5O3S/c1-4-21-10-13(11(2)18-21)14-9-15(20(3)25(23,24)19-14)16(22)17-12-7-5-6-8-12/h10,12,14-15,19H,4-9H2,1-3H3,(H,17,22)/t14-,15+/m1/s1. The van der Waals surface area contributed by atoms with E-state index in [1.165, 1.54) is 7.05 Å². The summed E-state index contributed by atoms with van der Waals surface area (Å²) in [5.41, 5.74) is 1.62. The van der Waals surface area contributed by atoms with Crippen LogP contribution in [-0.2, 0) is 21.5 Å². The van der Waals surface area contributed by atoms with Gasteiger partial charge in [-0.25, -0.2) is 0 Å². The number of nitrogens with one attached hydrogen (secondary N) is 2. The van der Waals surface area contributed by atoms with Crippen LogP contribution in [0.15, 0.2) is 6.20 Å². The van der Waals surface area contributed by atoms with Crippen molar-refractivity contribution in [1.29, 1.82) is 0 Å². The second-order valence-electron chi connectivity index (χ2n) is 6.96. The average molecular weight is 369 g/mol. The van der Waals surface area contributed by atoms with E-state index in [2.05, 4.69) is 15.1 Å². The number of carbonyl (C=O) groups excluding carboxylic acids is 1. The van der Waals surface area contributed by atoms with Gasteiger partial charge < -0.3 is 5.32 Å². The van der Waals surface area contributed by atoms with Gasteiger partial charge in [-0.3, -0.25) is 9.48 Å². The Labute approximate surface area is 149 Å². The molecule has 0 spiro atoms. The molecule has 2 fully saturated rings. The molecule has 1 aliphatic carbocycles. The van der Waals surface area contributed by atoms with Gasteiger partial charge in [0.1, 0.15) is 6.04 Å². The van der Waals surface area contributed by atoms with Crippen LogP contribution in [0, 0.1) is 6.92 Å². The Morgan fingerprint density at radius 2 is 2.08 bits per heavy atom. The summed E-state index contributed by atoms with van der Waals surface area (Å²) in [4.78, 5) is 12.7. The predicted octanol–water partition coefficient (Wildman–Crippen LogP) is 0.850. The summed E-state index contributed by atoms with van der Waals surface area (Å²) in [6.07, 6.45) is 6.43. The molecule has 1 saturated heterocycles. The lowest BCUT2D eigenvalue weighted by Crippen LogP contribution is -2.58. The maximum atomic E-state index is 12.7. The molecule has 0 aromatic carbocycles. The third-order valence-corrected chi connectivity index (χ3v) is 6.85. The van der Waals surface area contributed by atoms with Crippen molar-refractivity contribution in [1.82, 2.24) is 24.1 Å². The second kappa shape index (κ2) is 7.05. The molecule has 2 aliphatic rings. The number of likely N-dealkylation sites (N-methyl/N-ethyl adjacent to an activating group) is 1. The largest absolute Gasteiger partial charge is 0.352 e. The quantitative estimate of drug-likeness (QED) is 0.822. The highest BCUT2D eigenvalue weighted by molar-refractivity contribution is 7.87. The summed E-state index contributed by atoms with van der Waals surface area (Å²) in [5, 5.41) is 7.42. The van der Waals surface area contributed by atoms with E-state index < -0.39 is 22.3 Å². The van der Waals surface area contributed by atoms with Crippen LogP contribution in [0.2, 0.25) is 0 Å². The zero-order chi connectivity index (χ0) is 18.2. The Balaban J connectivity index is 1.82. The van der Waals surface area contributed by atoms with Crippen LogP contribution in [0.4, 0.5) is 0 Å². The highest BCUT2D eigenvalue weighted by Gasteiger charge is 2.41. The summed E-state index contributed by atoms with van der Waals surface area (Å²) in [7, 11) is -2.26. The minimum atomic E-state index is -3.72. The van der Waals surface area contributed by atoms with Gasteiger partial charge >= 0.3 is 0 Å². The van der Waals surface area contributed by atoms with E-state index in [-0.39, 0.29) is 11.9 Å². The minimum Gasteiger partial charge on any atom is -0.352 e. The molecule has 1 aromatic rings. The van der Waals surface area contributed by atoms with Gasteiger partial charge in [0.25, 0.3) is 10.2 Å². The van der Waals surface area contributed by atoms with Gasteiger partial charge in [-0.05, 0) is 33.1 Å². The van der Waals surface area contributed by atoms with Crippen molar-refractivity contribution >= 4 is 16.1 Å². The molecule has 1 aliphatic heterocycles. The third-order valence-electron chi connectivity index (χ3n) is 5.26. The molecule has 140 valence electrons. The van der Waals surface area contributed by atoms with Crippen LogP contribution < -0.4 is 10.0 Å². The first-order chi connectivity index (χ1) is 11.8. The molecule has 2 atom stereocenters. The first-order valence-electron chi connectivity index (χ1n) is 8.91. The van der Waals surface area contributed by atoms with Gasteiger partial charge in [0.05, 0.1) is 11.7 Å². The fourth-order valence-electron chi connectivity index (χ4n) is 3.72. The zero-order valence-corrected chi connectivity index (χ0v) is 15.8. The molecular formula is C16H27N5O3S. The number of aryl methyl sites for hydroxylation is 2. The molecule has 1 saturated carbocycles. The second-order valence-corrected chi connectivity index (χ2v) is 8.72. The number of aromatic nitrogens is 2. The summed E-state index contributed by atoms with van der Waals surface area (Å²) in [6, 6.07) is -0.983. The van der Waals surface area contributed by atoms with Gasteiger partial charge in [-0.2, -0.15) is 22.5 Å². The van der Waals surface area contributed by atoms with E-state index >= 15 is 0 Å². The third kappa shape index (κ3) is 3.73. The maximum Gasteiger partial charge on any atom is 0.280 e. The topological polar surface area (TPSA) is 96.3 Å². The Morgan fingerprint density at radius 3 is 2.68 bits per heavy atom. The van der Waals surface area contributed by atoms with Crippen molar-refractivity contribution in [3.05, 3.63) is 17.5 Å². The number of nitrogens with zero attached hydrogens (tertiary/aromatic N) is 3. The number of amides is 1. The Morgan fingerprint density at radius 1 is 1.40 bits per heavy atom. The SMILES string of the molecule is CCn1cc([C@H]2C[C@@H](C(=O)NC3CCCC3)N(C)S(=O)(=O)N2)c(C)n1. The molecule has 0 radical (unpaired) electrons. The van der Waals surface area contributed by atoms with E-state index in [1.54, 1.807) is 4.68 Å². The Kier molecular flexibility index (Phi) is 5.17. The molecule has 3 rings (SSSR count). The smallest absolute Gasteiger partial charge is 0.280 e. The van der Waals surface area contributed by atoms with E-state index in [0.29, 0.717) is 13.0 Å². The minimum absolute atomic E-state index is 0.168. The molecular weight excluding hydrogens is 342 g/mol. The lowest BCUT2D eigenvalue weighted by atomic mass is 10.00. The number of rotatable bonds is 4. The van der Waals surface area contributed by atoms with E-state index in [0.717, 1.165) is 41.2 Å². The lowest BCUT2D eigenvalue weighted by Gasteiger charge is -2.36. The van der Waals surface area contributed by atoms with Crippen LogP contribution in [0.3, 0.4) is 0 Å². The lowest BCUT2D eigenvalue weighted by molar-refractivity contribution is -0.126. The monoisotopic (exact) mass is 369 g/mol. The summed E-state index contributed by atoms with van der Waals surface area (Å²) in [5.74, 6) is -0.204. The van der Waals surface area contributed by atoms with Crippen molar-refractivity contribution < 1.29 is 13.2 Å². The fourth-order valence-corrected chi connectivity index (χ4v) is 4.98. The average Bonchev–Trinajstić information content (AvgIpc) is 3.19. The summed E-state index contributed by atoms with van der Waals surface area (Å²) >= 11 is 0. The van der Waals surface area contributed by atoms with Gasteiger partial charge in [0, 0.05) is 31.4 Å². The Hall–Kier alpha value is -1.45. The molecule has 1 aromatic heterocycles. The molecule has 8 nitrogen and oxygen atoms in total. The predicted molar refractivity (Wildman–Crippen MR) is 94.0 cm³/mol. The molecule has 2 heterocycles. The van der Waals surface area contributed by atoms with Crippen molar-refractivity contribution in [3.8, 4) is 0 Å². The molecule has 0 bridgehead atoms. The molecule has 2 N–H and O–H groups in total. The summed E-state index contributed by atoms with van der Waals surface area (Å²) < 4.78 is 30.6. The van der Waals surface area contributed by atoms with Crippen LogP contribution in [-0.4, -0.2) is 47.5 Å². The van der Waals surface area contributed by atoms with E-state index in [9.17, 15) is 13.2 Å². The number of carbonyl (C=O) groups is 1. The highest BCUT2D eigenvalue weighted by atomic mass is 32.2. The number of hydrogen-bond donors (Lipinski definition) is 2. The first-order valence-corrected chi connectivity index (χ1v) is 10.4. The van der Waals surface area contributed by atoms with Crippen LogP contribution >= 0.6 is 0 Å². The van der Waals surface area contributed by atoms with Crippen molar-refractivity contribution in [2.24, 2.45) is 0 Å². The highest BCUT2D eigenvalue weighted by Crippen LogP contribution is 2.30. The zero-order valence-electron chi connectivity index (χ0n) is 15.0. The van der Waals surface area contributed by atoms with Crippen LogP contribution in [0.25, 0.3) is 0 Å². The first kappa shape index (κ1) is 18.3. The summed E-state index contributed by atoms with van der Waals surface area (Å²) in [6.45, 7) is 4.56. The van der Waals surface area contributed by atoms with Gasteiger partial charge in [-0.1, -0.05) is 12.8 Å². The molecule has 0 unspecified atom stereocenters. The van der Waals surface area contributed by atoms with Gasteiger partial charge in [-0.15, -0.1) is 0 Å². The van der Waals surface area contributed by atoms with E-state index in [4.69, 9.17) is 0 Å². The van der Waals surface area contributed by atoms with Crippen molar-refractivity contribution in [3.63, 3.8) is 0 Å². The van der Waals surface area contributed by atoms with Gasteiger partial charge in [0.15, 0.2) is 0 Å². The molecule has 9 heteroatoms. The van der Waals surface area contributed by atoms with Gasteiger partial charge in [0.2, 0.25) is 5.91 Å². The van der Waals surface area contributed by atoms with E-state index in [1.807, 2.05) is 20.0 Å². The molecule has 25 heavy (non-hydrogen) atoms. The van der Waals surface area contributed by atoms with Crippen molar-refractivity contribution in [2.75, 3.05) is 7.05 Å².